The molecule has 0 fully saturated rings. The molecule has 20 heavy (non-hydrogen) atoms. The summed E-state index contributed by atoms with van der Waals surface area (Å²) in [6.45, 7) is 5.31. The smallest absolute Gasteiger partial charge is 0.0951 e. The lowest BCUT2D eigenvalue weighted by atomic mass is 10.1. The van der Waals surface area contributed by atoms with E-state index in [2.05, 4.69) is 53.0 Å². The van der Waals surface area contributed by atoms with Crippen LogP contribution in [0, 0.1) is 0 Å². The van der Waals surface area contributed by atoms with Gasteiger partial charge in [0.25, 0.3) is 0 Å². The lowest BCUT2D eigenvalue weighted by Crippen LogP contribution is -2.08. The maximum absolute atomic E-state index is 8.88. The topological polar surface area (TPSA) is 50.1 Å². The standard InChI is InChI=1S/C16H23N3O/c1-13(2)19-12-17-10-16(19)11-18-15-7-3-5-14(9-15)6-4-8-20/h3,5,7,9-10,12-13,18,20H,4,6,8,11H2,1-2H3. The molecule has 0 aliphatic carbocycles. The van der Waals surface area contributed by atoms with Crippen molar-refractivity contribution in [2.75, 3.05) is 11.9 Å². The van der Waals surface area contributed by atoms with Crippen LogP contribution in [0.2, 0.25) is 0 Å². The molecule has 2 N–H and O–H groups in total. The second-order valence-corrected chi connectivity index (χ2v) is 5.27. The molecule has 4 heteroatoms. The first kappa shape index (κ1) is 14.6. The fourth-order valence-corrected chi connectivity index (χ4v) is 2.25. The van der Waals surface area contributed by atoms with Gasteiger partial charge in [0.05, 0.1) is 18.6 Å². The third kappa shape index (κ3) is 3.84. The molecule has 0 unspecified atom stereocenters. The number of aliphatic hydroxyl groups excluding tert-OH is 1. The van der Waals surface area contributed by atoms with E-state index in [1.165, 1.54) is 11.3 Å². The molecule has 1 aromatic carbocycles. The van der Waals surface area contributed by atoms with Gasteiger partial charge in [-0.1, -0.05) is 12.1 Å². The van der Waals surface area contributed by atoms with Gasteiger partial charge in [-0.05, 0) is 44.4 Å². The molecule has 0 saturated heterocycles. The monoisotopic (exact) mass is 273 g/mol. The minimum absolute atomic E-state index is 0.241. The Labute approximate surface area is 120 Å². The van der Waals surface area contributed by atoms with Crippen LogP contribution in [0.4, 0.5) is 5.69 Å². The Morgan fingerprint density at radius 2 is 2.20 bits per heavy atom. The first-order valence-corrected chi connectivity index (χ1v) is 7.15. The summed E-state index contributed by atoms with van der Waals surface area (Å²) in [4.78, 5) is 4.21. The van der Waals surface area contributed by atoms with Crippen LogP contribution in [0.3, 0.4) is 0 Å². The first-order valence-electron chi connectivity index (χ1n) is 7.15. The molecule has 0 spiro atoms. The summed E-state index contributed by atoms with van der Waals surface area (Å²) in [5.74, 6) is 0. The number of aryl methyl sites for hydroxylation is 1. The van der Waals surface area contributed by atoms with Crippen LogP contribution in [0.25, 0.3) is 0 Å². The molecule has 1 aromatic heterocycles. The summed E-state index contributed by atoms with van der Waals surface area (Å²) in [5, 5.41) is 12.3. The molecule has 0 amide bonds. The van der Waals surface area contributed by atoms with E-state index < -0.39 is 0 Å². The molecule has 0 atom stereocenters. The van der Waals surface area contributed by atoms with Crippen molar-refractivity contribution in [3.8, 4) is 0 Å². The summed E-state index contributed by atoms with van der Waals surface area (Å²) in [5.41, 5.74) is 3.54. The average molecular weight is 273 g/mol. The molecule has 0 aliphatic heterocycles. The van der Waals surface area contributed by atoms with Crippen molar-refractivity contribution in [3.05, 3.63) is 48.0 Å². The molecule has 108 valence electrons. The van der Waals surface area contributed by atoms with Gasteiger partial charge in [0.2, 0.25) is 0 Å². The Hall–Kier alpha value is -1.81. The molecule has 2 aromatic rings. The SMILES string of the molecule is CC(C)n1cncc1CNc1cccc(CCCO)c1. The van der Waals surface area contributed by atoms with E-state index in [9.17, 15) is 0 Å². The van der Waals surface area contributed by atoms with Gasteiger partial charge in [0.15, 0.2) is 0 Å². The van der Waals surface area contributed by atoms with Crippen molar-refractivity contribution in [2.45, 2.75) is 39.3 Å². The second kappa shape index (κ2) is 7.10. The van der Waals surface area contributed by atoms with Gasteiger partial charge in [-0.15, -0.1) is 0 Å². The predicted octanol–water partition coefficient (Wildman–Crippen LogP) is 3.00. The average Bonchev–Trinajstić information content (AvgIpc) is 2.92. The van der Waals surface area contributed by atoms with Gasteiger partial charge in [0, 0.05) is 24.5 Å². The van der Waals surface area contributed by atoms with E-state index in [1.807, 2.05) is 12.5 Å². The molecule has 4 nitrogen and oxygen atoms in total. The number of aliphatic hydroxyl groups is 1. The maximum Gasteiger partial charge on any atom is 0.0951 e. The van der Waals surface area contributed by atoms with Gasteiger partial charge < -0.3 is 15.0 Å². The van der Waals surface area contributed by atoms with Crippen LogP contribution in [0.15, 0.2) is 36.8 Å². The van der Waals surface area contributed by atoms with Crippen LogP contribution in [-0.4, -0.2) is 21.3 Å². The number of aromatic nitrogens is 2. The van der Waals surface area contributed by atoms with Crippen molar-refractivity contribution in [3.63, 3.8) is 0 Å². The van der Waals surface area contributed by atoms with Gasteiger partial charge in [-0.25, -0.2) is 4.98 Å². The summed E-state index contributed by atoms with van der Waals surface area (Å²) >= 11 is 0. The molecule has 0 radical (unpaired) electrons. The zero-order valence-corrected chi connectivity index (χ0v) is 12.2. The third-order valence-electron chi connectivity index (χ3n) is 3.33. The molecule has 0 saturated carbocycles. The lowest BCUT2D eigenvalue weighted by molar-refractivity contribution is 0.288. The highest BCUT2D eigenvalue weighted by Gasteiger charge is 2.05. The molecule has 0 bridgehead atoms. The van der Waals surface area contributed by atoms with E-state index >= 15 is 0 Å². The van der Waals surface area contributed by atoms with E-state index in [-0.39, 0.29) is 6.61 Å². The van der Waals surface area contributed by atoms with Crippen molar-refractivity contribution < 1.29 is 5.11 Å². The highest BCUT2D eigenvalue weighted by molar-refractivity contribution is 5.46. The van der Waals surface area contributed by atoms with Crippen molar-refractivity contribution in [1.82, 2.24) is 9.55 Å². The van der Waals surface area contributed by atoms with Crippen molar-refractivity contribution >= 4 is 5.69 Å². The molecule has 1 heterocycles. The Balaban J connectivity index is 1.98. The zero-order valence-electron chi connectivity index (χ0n) is 12.2. The predicted molar refractivity (Wildman–Crippen MR) is 81.8 cm³/mol. The Morgan fingerprint density at radius 3 is 2.95 bits per heavy atom. The van der Waals surface area contributed by atoms with E-state index in [0.29, 0.717) is 6.04 Å². The van der Waals surface area contributed by atoms with Gasteiger partial charge >= 0.3 is 0 Å². The summed E-state index contributed by atoms with van der Waals surface area (Å²) in [7, 11) is 0. The number of rotatable bonds is 7. The van der Waals surface area contributed by atoms with E-state index in [4.69, 9.17) is 5.11 Å². The summed E-state index contributed by atoms with van der Waals surface area (Å²) in [6.07, 6.45) is 5.50. The Morgan fingerprint density at radius 1 is 1.35 bits per heavy atom. The molecular weight excluding hydrogens is 250 g/mol. The van der Waals surface area contributed by atoms with Crippen LogP contribution in [-0.2, 0) is 13.0 Å². The second-order valence-electron chi connectivity index (χ2n) is 5.27. The van der Waals surface area contributed by atoms with Crippen molar-refractivity contribution in [2.24, 2.45) is 0 Å². The number of hydrogen-bond donors (Lipinski definition) is 2. The number of anilines is 1. The normalized spacial score (nSPS) is 11.0. The van der Waals surface area contributed by atoms with E-state index in [1.54, 1.807) is 0 Å². The highest BCUT2D eigenvalue weighted by atomic mass is 16.2. The summed E-state index contributed by atoms with van der Waals surface area (Å²) in [6, 6.07) is 8.78. The van der Waals surface area contributed by atoms with Gasteiger partial charge in [0.1, 0.15) is 0 Å². The van der Waals surface area contributed by atoms with Gasteiger partial charge in [-0.3, -0.25) is 0 Å². The van der Waals surface area contributed by atoms with Gasteiger partial charge in [-0.2, -0.15) is 0 Å². The number of nitrogens with one attached hydrogen (secondary N) is 1. The van der Waals surface area contributed by atoms with Crippen molar-refractivity contribution in [1.29, 1.82) is 0 Å². The number of hydrogen-bond acceptors (Lipinski definition) is 3. The van der Waals surface area contributed by atoms with E-state index in [0.717, 1.165) is 25.1 Å². The molecule has 0 aliphatic rings. The largest absolute Gasteiger partial charge is 0.396 e. The first-order chi connectivity index (χ1) is 9.70. The highest BCUT2D eigenvalue weighted by Crippen LogP contribution is 2.15. The number of imidazole rings is 1. The zero-order chi connectivity index (χ0) is 14.4. The minimum Gasteiger partial charge on any atom is -0.396 e. The minimum atomic E-state index is 0.241. The lowest BCUT2D eigenvalue weighted by Gasteiger charge is -2.13. The fraction of sp³-hybridized carbons (Fsp3) is 0.438. The van der Waals surface area contributed by atoms with Crippen LogP contribution in [0.5, 0.6) is 0 Å². The number of nitrogens with zero attached hydrogens (tertiary/aromatic N) is 2. The fourth-order valence-electron chi connectivity index (χ4n) is 2.25. The third-order valence-corrected chi connectivity index (χ3v) is 3.33. The maximum atomic E-state index is 8.88. The summed E-state index contributed by atoms with van der Waals surface area (Å²) < 4.78 is 2.17. The number of benzene rings is 1. The quantitative estimate of drug-likeness (QED) is 0.815. The molecule has 2 rings (SSSR count). The van der Waals surface area contributed by atoms with Crippen LogP contribution < -0.4 is 5.32 Å². The Kier molecular flexibility index (Phi) is 5.18. The molecular formula is C16H23N3O. The Bertz CT molecular complexity index is 534. The van der Waals surface area contributed by atoms with Crippen LogP contribution in [0.1, 0.15) is 37.6 Å². The van der Waals surface area contributed by atoms with Crippen LogP contribution >= 0.6 is 0 Å².